The van der Waals surface area contributed by atoms with Crippen LogP contribution in [0.5, 0.6) is 11.5 Å². The van der Waals surface area contributed by atoms with Crippen molar-refractivity contribution in [2.45, 2.75) is 19.1 Å². The average molecular weight is 446 g/mol. The molecule has 0 fully saturated rings. The van der Waals surface area contributed by atoms with Crippen LogP contribution in [-0.2, 0) is 21.0 Å². The Labute approximate surface area is 172 Å². The Balaban J connectivity index is 2.42. The van der Waals surface area contributed by atoms with Crippen LogP contribution in [0.2, 0.25) is 0 Å². The van der Waals surface area contributed by atoms with Crippen LogP contribution < -0.4 is 19.1 Å². The Bertz CT molecular complexity index is 1030. The van der Waals surface area contributed by atoms with Crippen molar-refractivity contribution in [1.82, 2.24) is 0 Å². The first-order valence-electron chi connectivity index (χ1n) is 8.58. The number of methoxy groups -OCH3 is 2. The lowest BCUT2D eigenvalue weighted by Gasteiger charge is -2.29. The Hall–Kier alpha value is -2.95. The Morgan fingerprint density at radius 3 is 2.20 bits per heavy atom. The van der Waals surface area contributed by atoms with Crippen LogP contribution in [0.3, 0.4) is 0 Å². The molecule has 2 aromatic carbocycles. The number of rotatable bonds is 7. The molecule has 0 bridgehead atoms. The van der Waals surface area contributed by atoms with E-state index in [4.69, 9.17) is 9.47 Å². The van der Waals surface area contributed by atoms with Crippen LogP contribution in [0.1, 0.15) is 12.5 Å². The molecule has 1 atom stereocenters. The quantitative estimate of drug-likeness (QED) is 0.704. The summed E-state index contributed by atoms with van der Waals surface area (Å²) in [7, 11) is -1.22. The van der Waals surface area contributed by atoms with E-state index >= 15 is 0 Å². The van der Waals surface area contributed by atoms with Crippen molar-refractivity contribution in [2.24, 2.45) is 0 Å². The number of nitrogens with zero attached hydrogens (tertiary/aromatic N) is 1. The minimum Gasteiger partial charge on any atom is -0.493 e. The largest absolute Gasteiger partial charge is 0.493 e. The number of sulfonamides is 1. The molecule has 0 aromatic heterocycles. The number of carbonyl (C=O) groups is 1. The van der Waals surface area contributed by atoms with Crippen LogP contribution in [0.4, 0.5) is 24.5 Å². The van der Waals surface area contributed by atoms with Crippen LogP contribution in [-0.4, -0.2) is 40.8 Å². The summed E-state index contributed by atoms with van der Waals surface area (Å²) in [6.07, 6.45) is -3.80. The number of nitrogens with one attached hydrogen (secondary N) is 1. The number of benzene rings is 2. The van der Waals surface area contributed by atoms with Gasteiger partial charge in [-0.3, -0.25) is 9.10 Å². The lowest BCUT2D eigenvalue weighted by atomic mass is 10.1. The molecule has 0 saturated carbocycles. The molecule has 0 heterocycles. The van der Waals surface area contributed by atoms with Gasteiger partial charge in [0.1, 0.15) is 6.04 Å². The van der Waals surface area contributed by atoms with Gasteiger partial charge in [0.2, 0.25) is 15.9 Å². The Morgan fingerprint density at radius 2 is 1.67 bits per heavy atom. The van der Waals surface area contributed by atoms with Crippen molar-refractivity contribution in [3.8, 4) is 11.5 Å². The smallest absolute Gasteiger partial charge is 0.418 e. The number of halogens is 3. The highest BCUT2D eigenvalue weighted by Crippen LogP contribution is 2.36. The van der Waals surface area contributed by atoms with Gasteiger partial charge in [-0.15, -0.1) is 0 Å². The van der Waals surface area contributed by atoms with Gasteiger partial charge in [0.05, 0.1) is 37.4 Å². The maximum absolute atomic E-state index is 13.2. The molecule has 2 aromatic rings. The summed E-state index contributed by atoms with van der Waals surface area (Å²) in [5.41, 5.74) is -1.42. The summed E-state index contributed by atoms with van der Waals surface area (Å²) in [6, 6.07) is 7.28. The first-order chi connectivity index (χ1) is 13.9. The molecule has 2 rings (SSSR count). The summed E-state index contributed by atoms with van der Waals surface area (Å²) in [5, 5.41) is 2.17. The molecule has 0 spiro atoms. The van der Waals surface area contributed by atoms with Crippen molar-refractivity contribution in [3.05, 3.63) is 48.0 Å². The zero-order valence-electron chi connectivity index (χ0n) is 16.6. The van der Waals surface area contributed by atoms with Gasteiger partial charge in [0.25, 0.3) is 0 Å². The molecule has 0 aliphatic heterocycles. The Morgan fingerprint density at radius 1 is 1.07 bits per heavy atom. The molecule has 1 unspecified atom stereocenters. The molecule has 1 N–H and O–H groups in total. The van der Waals surface area contributed by atoms with Gasteiger partial charge in [-0.1, -0.05) is 12.1 Å². The number of carbonyl (C=O) groups excluding carboxylic acids is 1. The van der Waals surface area contributed by atoms with Gasteiger partial charge in [0.15, 0.2) is 11.5 Å². The molecule has 0 aliphatic rings. The number of hydrogen-bond acceptors (Lipinski definition) is 5. The maximum atomic E-state index is 13.2. The molecule has 30 heavy (non-hydrogen) atoms. The minimum absolute atomic E-state index is 0.0851. The maximum Gasteiger partial charge on any atom is 0.418 e. The third-order valence-corrected chi connectivity index (χ3v) is 5.44. The molecule has 164 valence electrons. The zero-order chi connectivity index (χ0) is 22.7. The van der Waals surface area contributed by atoms with Gasteiger partial charge in [0, 0.05) is 6.07 Å². The van der Waals surface area contributed by atoms with Gasteiger partial charge in [-0.05, 0) is 31.2 Å². The van der Waals surface area contributed by atoms with E-state index in [0.717, 1.165) is 22.7 Å². The van der Waals surface area contributed by atoms with Crippen molar-refractivity contribution >= 4 is 27.3 Å². The fraction of sp³-hybridized carbons (Fsp3) is 0.316. The second kappa shape index (κ2) is 8.82. The highest BCUT2D eigenvalue weighted by Gasteiger charge is 2.35. The molecule has 0 radical (unpaired) electrons. The third-order valence-electron chi connectivity index (χ3n) is 4.20. The predicted molar refractivity (Wildman–Crippen MR) is 106 cm³/mol. The highest BCUT2D eigenvalue weighted by atomic mass is 32.2. The molecule has 1 amide bonds. The van der Waals surface area contributed by atoms with E-state index < -0.39 is 39.4 Å². The molecular weight excluding hydrogens is 425 g/mol. The fourth-order valence-electron chi connectivity index (χ4n) is 2.85. The number of ether oxygens (including phenoxy) is 2. The molecular formula is C19H21F3N2O5S. The van der Waals surface area contributed by atoms with E-state index in [9.17, 15) is 26.4 Å². The van der Waals surface area contributed by atoms with E-state index in [1.807, 2.05) is 0 Å². The summed E-state index contributed by atoms with van der Waals surface area (Å²) >= 11 is 0. The fourth-order valence-corrected chi connectivity index (χ4v) is 4.01. The Kier molecular flexibility index (Phi) is 6.86. The van der Waals surface area contributed by atoms with E-state index in [0.29, 0.717) is 5.75 Å². The second-order valence-corrected chi connectivity index (χ2v) is 8.17. The summed E-state index contributed by atoms with van der Waals surface area (Å²) in [4.78, 5) is 12.7. The molecule has 0 aliphatic carbocycles. The number of para-hydroxylation sites is 1. The van der Waals surface area contributed by atoms with E-state index in [2.05, 4.69) is 5.32 Å². The SMILES string of the molecule is COc1ccc(N(C(C)C(=O)Nc2ccccc2C(F)(F)F)S(C)(=O)=O)cc1OC. The van der Waals surface area contributed by atoms with Crippen molar-refractivity contribution in [1.29, 1.82) is 0 Å². The normalized spacial score (nSPS) is 12.8. The number of anilines is 2. The molecule has 0 saturated heterocycles. The number of amides is 1. The van der Waals surface area contributed by atoms with E-state index in [1.165, 1.54) is 51.5 Å². The van der Waals surface area contributed by atoms with E-state index in [-0.39, 0.29) is 11.4 Å². The highest BCUT2D eigenvalue weighted by molar-refractivity contribution is 7.92. The van der Waals surface area contributed by atoms with Gasteiger partial charge in [-0.2, -0.15) is 13.2 Å². The molecule has 7 nitrogen and oxygen atoms in total. The summed E-state index contributed by atoms with van der Waals surface area (Å²) < 4.78 is 75.4. The topological polar surface area (TPSA) is 84.9 Å². The average Bonchev–Trinajstić information content (AvgIpc) is 2.66. The lowest BCUT2D eigenvalue weighted by molar-refractivity contribution is -0.137. The first kappa shape index (κ1) is 23.3. The van der Waals surface area contributed by atoms with Gasteiger partial charge in [-0.25, -0.2) is 8.42 Å². The van der Waals surface area contributed by atoms with Crippen molar-refractivity contribution in [3.63, 3.8) is 0 Å². The van der Waals surface area contributed by atoms with Crippen molar-refractivity contribution < 1.29 is 35.9 Å². The van der Waals surface area contributed by atoms with Crippen LogP contribution in [0, 0.1) is 0 Å². The van der Waals surface area contributed by atoms with Crippen LogP contribution in [0.15, 0.2) is 42.5 Å². The van der Waals surface area contributed by atoms with Gasteiger partial charge < -0.3 is 14.8 Å². The molecule has 11 heteroatoms. The summed E-state index contributed by atoms with van der Waals surface area (Å²) in [5.74, 6) is -0.378. The monoisotopic (exact) mass is 446 g/mol. The zero-order valence-corrected chi connectivity index (χ0v) is 17.5. The predicted octanol–water partition coefficient (Wildman–Crippen LogP) is 3.52. The van der Waals surface area contributed by atoms with Gasteiger partial charge >= 0.3 is 6.18 Å². The number of hydrogen-bond donors (Lipinski definition) is 1. The summed E-state index contributed by atoms with van der Waals surface area (Å²) in [6.45, 7) is 1.27. The number of alkyl halides is 3. The van der Waals surface area contributed by atoms with Crippen molar-refractivity contribution in [2.75, 3.05) is 30.1 Å². The van der Waals surface area contributed by atoms with Crippen LogP contribution >= 0.6 is 0 Å². The standard InChI is InChI=1S/C19H21F3N2O5S/c1-12(18(25)23-15-8-6-5-7-14(15)19(20,21)22)24(30(4,26)27)13-9-10-16(28-2)17(11-13)29-3/h5-12H,1-4H3,(H,23,25). The van der Waals surface area contributed by atoms with Crippen LogP contribution in [0.25, 0.3) is 0 Å². The van der Waals surface area contributed by atoms with E-state index in [1.54, 1.807) is 0 Å². The first-order valence-corrected chi connectivity index (χ1v) is 10.4. The second-order valence-electron chi connectivity index (χ2n) is 6.31. The third kappa shape index (κ3) is 5.15. The lowest BCUT2D eigenvalue weighted by Crippen LogP contribution is -2.45. The minimum atomic E-state index is -4.69.